The first-order valence-electron chi connectivity index (χ1n) is 5.77. The van der Waals surface area contributed by atoms with Crippen molar-refractivity contribution >= 4 is 5.69 Å². The monoisotopic (exact) mass is 262 g/mol. The van der Waals surface area contributed by atoms with Crippen LogP contribution in [-0.4, -0.2) is 25.7 Å². The number of rotatable bonds is 3. The topological polar surface area (TPSA) is 15.3 Å². The van der Waals surface area contributed by atoms with Crippen LogP contribution in [0.1, 0.15) is 12.5 Å². The van der Waals surface area contributed by atoms with E-state index in [0.717, 1.165) is 19.2 Å². The van der Waals surface area contributed by atoms with Gasteiger partial charge < -0.3 is 10.2 Å². The summed E-state index contributed by atoms with van der Waals surface area (Å²) in [5.41, 5.74) is -0.719. The van der Waals surface area contributed by atoms with Gasteiger partial charge in [-0.25, -0.2) is 4.39 Å². The molecule has 1 aliphatic rings. The molecule has 18 heavy (non-hydrogen) atoms. The summed E-state index contributed by atoms with van der Waals surface area (Å²) in [6, 6.07) is 2.85. The van der Waals surface area contributed by atoms with E-state index in [4.69, 9.17) is 0 Å². The van der Waals surface area contributed by atoms with Crippen LogP contribution in [0, 0.1) is 5.82 Å². The summed E-state index contributed by atoms with van der Waals surface area (Å²) < 4.78 is 51.1. The number of anilines is 1. The van der Waals surface area contributed by atoms with Crippen LogP contribution in [-0.2, 0) is 6.18 Å². The van der Waals surface area contributed by atoms with Crippen molar-refractivity contribution in [2.45, 2.75) is 19.1 Å². The highest BCUT2D eigenvalue weighted by Gasteiger charge is 2.32. The second-order valence-corrected chi connectivity index (χ2v) is 4.26. The number of likely N-dealkylation sites (N-methyl/N-ethyl adjacent to an activating group) is 1. The van der Waals surface area contributed by atoms with Gasteiger partial charge in [-0.1, -0.05) is 0 Å². The molecule has 6 heteroatoms. The number of nitrogens with one attached hydrogen (secondary N) is 1. The van der Waals surface area contributed by atoms with Gasteiger partial charge in [0.05, 0.1) is 17.3 Å². The Labute approximate surface area is 103 Å². The summed E-state index contributed by atoms with van der Waals surface area (Å²) in [6.07, 6.45) is -4.51. The zero-order valence-corrected chi connectivity index (χ0v) is 9.89. The predicted octanol–water partition coefficient (Wildman–Crippen LogP) is 2.64. The molecule has 1 aromatic rings. The van der Waals surface area contributed by atoms with E-state index in [0.29, 0.717) is 12.6 Å². The Morgan fingerprint density at radius 3 is 2.39 bits per heavy atom. The minimum Gasteiger partial charge on any atom is -0.364 e. The summed E-state index contributed by atoms with van der Waals surface area (Å²) in [6.45, 7) is 3.88. The van der Waals surface area contributed by atoms with Crippen LogP contribution in [0.15, 0.2) is 18.2 Å². The van der Waals surface area contributed by atoms with Crippen molar-refractivity contribution in [2.75, 3.05) is 24.5 Å². The molecule has 1 aromatic carbocycles. The van der Waals surface area contributed by atoms with E-state index in [1.807, 2.05) is 6.92 Å². The molecule has 100 valence electrons. The Morgan fingerprint density at radius 2 is 2.00 bits per heavy atom. The molecule has 0 atom stereocenters. The summed E-state index contributed by atoms with van der Waals surface area (Å²) in [5.74, 6) is -0.821. The molecule has 0 aromatic heterocycles. The Hall–Kier alpha value is -1.30. The van der Waals surface area contributed by atoms with E-state index in [1.54, 1.807) is 4.90 Å². The lowest BCUT2D eigenvalue weighted by Crippen LogP contribution is -2.57. The van der Waals surface area contributed by atoms with Gasteiger partial charge >= 0.3 is 6.18 Å². The van der Waals surface area contributed by atoms with E-state index in [2.05, 4.69) is 5.32 Å². The summed E-state index contributed by atoms with van der Waals surface area (Å²) in [5, 5.41) is 3.06. The van der Waals surface area contributed by atoms with E-state index in [-0.39, 0.29) is 11.7 Å². The van der Waals surface area contributed by atoms with Gasteiger partial charge in [-0.15, -0.1) is 0 Å². The third-order valence-corrected chi connectivity index (χ3v) is 3.13. The second kappa shape index (κ2) is 4.76. The van der Waals surface area contributed by atoms with Gasteiger partial charge in [-0.2, -0.15) is 13.2 Å². The van der Waals surface area contributed by atoms with Gasteiger partial charge in [0.2, 0.25) is 0 Å². The van der Waals surface area contributed by atoms with E-state index in [1.165, 1.54) is 6.07 Å². The maximum atomic E-state index is 13.8. The molecule has 0 saturated carbocycles. The summed E-state index contributed by atoms with van der Waals surface area (Å²) in [4.78, 5) is 1.78. The zero-order valence-electron chi connectivity index (χ0n) is 9.89. The SMILES string of the molecule is CCN(c1ccc(C(F)(F)F)cc1F)C1CNC1. The van der Waals surface area contributed by atoms with Crippen LogP contribution in [0.4, 0.5) is 23.2 Å². The fourth-order valence-electron chi connectivity index (χ4n) is 2.04. The lowest BCUT2D eigenvalue weighted by molar-refractivity contribution is -0.137. The van der Waals surface area contributed by atoms with E-state index in [9.17, 15) is 17.6 Å². The number of halogens is 4. The van der Waals surface area contributed by atoms with Crippen molar-refractivity contribution in [1.82, 2.24) is 5.32 Å². The molecule has 2 rings (SSSR count). The van der Waals surface area contributed by atoms with Crippen LogP contribution in [0.2, 0.25) is 0 Å². The molecule has 0 radical (unpaired) electrons. The molecule has 1 heterocycles. The molecule has 0 spiro atoms. The van der Waals surface area contributed by atoms with Crippen molar-refractivity contribution in [3.8, 4) is 0 Å². The maximum Gasteiger partial charge on any atom is 0.416 e. The molecule has 1 aliphatic heterocycles. The number of alkyl halides is 3. The fraction of sp³-hybridized carbons (Fsp3) is 0.500. The summed E-state index contributed by atoms with van der Waals surface area (Å²) >= 11 is 0. The average molecular weight is 262 g/mol. The minimum atomic E-state index is -4.51. The van der Waals surface area contributed by atoms with Crippen LogP contribution < -0.4 is 10.2 Å². The highest BCUT2D eigenvalue weighted by atomic mass is 19.4. The molecule has 0 aliphatic carbocycles. The van der Waals surface area contributed by atoms with Gasteiger partial charge in [0.15, 0.2) is 0 Å². The number of hydrogen-bond donors (Lipinski definition) is 1. The lowest BCUT2D eigenvalue weighted by Gasteiger charge is -2.39. The van der Waals surface area contributed by atoms with Crippen LogP contribution in [0.5, 0.6) is 0 Å². The Bertz CT molecular complexity index is 427. The second-order valence-electron chi connectivity index (χ2n) is 4.26. The predicted molar refractivity (Wildman–Crippen MR) is 61.1 cm³/mol. The number of benzene rings is 1. The molecule has 0 amide bonds. The van der Waals surface area contributed by atoms with Crippen molar-refractivity contribution < 1.29 is 17.6 Å². The van der Waals surface area contributed by atoms with Crippen molar-refractivity contribution in [3.05, 3.63) is 29.6 Å². The first kappa shape index (κ1) is 13.1. The third-order valence-electron chi connectivity index (χ3n) is 3.13. The number of hydrogen-bond acceptors (Lipinski definition) is 2. The van der Waals surface area contributed by atoms with Crippen molar-refractivity contribution in [3.63, 3.8) is 0 Å². The van der Waals surface area contributed by atoms with Crippen LogP contribution in [0.3, 0.4) is 0 Å². The van der Waals surface area contributed by atoms with Crippen molar-refractivity contribution in [1.29, 1.82) is 0 Å². The highest BCUT2D eigenvalue weighted by Crippen LogP contribution is 2.32. The first-order chi connectivity index (χ1) is 8.43. The van der Waals surface area contributed by atoms with Crippen LogP contribution in [0.25, 0.3) is 0 Å². The van der Waals surface area contributed by atoms with Gasteiger partial charge in [0.25, 0.3) is 0 Å². The maximum absolute atomic E-state index is 13.8. The van der Waals surface area contributed by atoms with Gasteiger partial charge in [-0.3, -0.25) is 0 Å². The molecular formula is C12H14F4N2. The van der Waals surface area contributed by atoms with Gasteiger partial charge in [0.1, 0.15) is 5.82 Å². The highest BCUT2D eigenvalue weighted by molar-refractivity contribution is 5.51. The lowest BCUT2D eigenvalue weighted by atomic mass is 10.1. The molecule has 1 fully saturated rings. The largest absolute Gasteiger partial charge is 0.416 e. The van der Waals surface area contributed by atoms with E-state index < -0.39 is 17.6 Å². The normalized spacial score (nSPS) is 16.5. The minimum absolute atomic E-state index is 0.154. The smallest absolute Gasteiger partial charge is 0.364 e. The Kier molecular flexibility index (Phi) is 3.47. The quantitative estimate of drug-likeness (QED) is 0.842. The molecule has 2 nitrogen and oxygen atoms in total. The molecule has 1 N–H and O–H groups in total. The summed E-state index contributed by atoms with van der Waals surface area (Å²) in [7, 11) is 0. The zero-order chi connectivity index (χ0) is 13.3. The van der Waals surface area contributed by atoms with Gasteiger partial charge in [-0.05, 0) is 25.1 Å². The third kappa shape index (κ3) is 2.43. The van der Waals surface area contributed by atoms with Gasteiger partial charge in [0, 0.05) is 19.6 Å². The van der Waals surface area contributed by atoms with E-state index >= 15 is 0 Å². The first-order valence-corrected chi connectivity index (χ1v) is 5.77. The standard InChI is InChI=1S/C12H14F4N2/c1-2-18(9-6-17-7-9)11-4-3-8(5-10(11)13)12(14,15)16/h3-5,9,17H,2,6-7H2,1H3. The molecule has 1 saturated heterocycles. The Morgan fingerprint density at radius 1 is 1.33 bits per heavy atom. The number of nitrogens with zero attached hydrogens (tertiary/aromatic N) is 1. The molecule has 0 unspecified atom stereocenters. The molecular weight excluding hydrogens is 248 g/mol. The van der Waals surface area contributed by atoms with Crippen molar-refractivity contribution in [2.24, 2.45) is 0 Å². The van der Waals surface area contributed by atoms with Crippen LogP contribution >= 0.6 is 0 Å². The average Bonchev–Trinajstić information content (AvgIpc) is 2.22. The Balaban J connectivity index is 2.28. The molecule has 0 bridgehead atoms. The fourth-order valence-corrected chi connectivity index (χ4v) is 2.04.